The first-order valence-corrected chi connectivity index (χ1v) is 6.32. The maximum atomic E-state index is 13.3. The highest BCUT2D eigenvalue weighted by molar-refractivity contribution is 5.88. The second kappa shape index (κ2) is 6.85. The lowest BCUT2D eigenvalue weighted by Crippen LogP contribution is -2.03. The van der Waals surface area contributed by atoms with Crippen molar-refractivity contribution >= 4 is 5.97 Å². The van der Waals surface area contributed by atoms with Crippen molar-refractivity contribution in [1.82, 2.24) is 0 Å². The van der Waals surface area contributed by atoms with Gasteiger partial charge in [0, 0.05) is 7.11 Å². The maximum absolute atomic E-state index is 13.3. The molecule has 0 radical (unpaired) electrons. The molecular formula is C16H15FO4. The summed E-state index contributed by atoms with van der Waals surface area (Å²) >= 11 is 0. The van der Waals surface area contributed by atoms with Gasteiger partial charge in [-0.05, 0) is 35.4 Å². The van der Waals surface area contributed by atoms with Gasteiger partial charge in [0.15, 0.2) is 0 Å². The Morgan fingerprint density at radius 1 is 1.14 bits per heavy atom. The van der Waals surface area contributed by atoms with Crippen LogP contribution in [-0.2, 0) is 18.0 Å². The van der Waals surface area contributed by atoms with Crippen LogP contribution in [0.1, 0.15) is 21.5 Å². The molecule has 0 amide bonds. The molecule has 0 saturated heterocycles. The van der Waals surface area contributed by atoms with Crippen LogP contribution < -0.4 is 4.74 Å². The molecule has 0 aromatic heterocycles. The van der Waals surface area contributed by atoms with E-state index in [4.69, 9.17) is 14.6 Å². The van der Waals surface area contributed by atoms with Gasteiger partial charge in [0.1, 0.15) is 18.2 Å². The minimum Gasteiger partial charge on any atom is -0.489 e. The topological polar surface area (TPSA) is 55.8 Å². The van der Waals surface area contributed by atoms with E-state index < -0.39 is 11.8 Å². The Bertz CT molecular complexity index is 640. The average Bonchev–Trinajstić information content (AvgIpc) is 2.47. The van der Waals surface area contributed by atoms with Crippen LogP contribution in [0.15, 0.2) is 42.5 Å². The number of hydrogen-bond acceptors (Lipinski definition) is 3. The number of ether oxygens (including phenoxy) is 2. The van der Waals surface area contributed by atoms with Gasteiger partial charge >= 0.3 is 5.97 Å². The van der Waals surface area contributed by atoms with Crippen LogP contribution >= 0.6 is 0 Å². The fourth-order valence-electron chi connectivity index (χ4n) is 1.88. The number of carboxylic acids is 1. The second-order valence-electron chi connectivity index (χ2n) is 4.49. The Balaban J connectivity index is 2.07. The fourth-order valence-corrected chi connectivity index (χ4v) is 1.88. The summed E-state index contributed by atoms with van der Waals surface area (Å²) in [5, 5.41) is 8.88. The van der Waals surface area contributed by atoms with Crippen LogP contribution in [-0.4, -0.2) is 18.2 Å². The summed E-state index contributed by atoms with van der Waals surface area (Å²) in [6.07, 6.45) is 0. The van der Waals surface area contributed by atoms with Gasteiger partial charge in [-0.1, -0.05) is 18.2 Å². The molecule has 21 heavy (non-hydrogen) atoms. The normalized spacial score (nSPS) is 10.4. The Labute approximate surface area is 121 Å². The average molecular weight is 290 g/mol. The highest BCUT2D eigenvalue weighted by Crippen LogP contribution is 2.17. The smallest absolute Gasteiger partial charge is 0.338 e. The standard InChI is InChI=1S/C16H15FO4/c1-20-9-11-3-2-4-13(7-11)21-10-12-5-6-15(17)14(8-12)16(18)19/h2-8H,9-10H2,1H3,(H,18,19). The largest absolute Gasteiger partial charge is 0.489 e. The molecule has 2 aromatic carbocycles. The Morgan fingerprint density at radius 3 is 2.62 bits per heavy atom. The van der Waals surface area contributed by atoms with Crippen molar-refractivity contribution in [2.75, 3.05) is 7.11 Å². The van der Waals surface area contributed by atoms with Crippen LogP contribution in [0.2, 0.25) is 0 Å². The van der Waals surface area contributed by atoms with Crippen LogP contribution in [0.4, 0.5) is 4.39 Å². The molecule has 0 aliphatic rings. The van der Waals surface area contributed by atoms with E-state index in [1.165, 1.54) is 12.1 Å². The summed E-state index contributed by atoms with van der Waals surface area (Å²) in [5.41, 5.74) is 1.20. The molecule has 110 valence electrons. The molecule has 0 aliphatic heterocycles. The van der Waals surface area contributed by atoms with E-state index in [0.29, 0.717) is 17.9 Å². The molecular weight excluding hydrogens is 275 g/mol. The van der Waals surface area contributed by atoms with Crippen LogP contribution in [0.5, 0.6) is 5.75 Å². The van der Waals surface area contributed by atoms with Gasteiger partial charge in [0.2, 0.25) is 0 Å². The third-order valence-electron chi connectivity index (χ3n) is 2.88. The summed E-state index contributed by atoms with van der Waals surface area (Å²) in [6.45, 7) is 0.647. The lowest BCUT2D eigenvalue weighted by molar-refractivity contribution is 0.0691. The number of carbonyl (C=O) groups is 1. The van der Waals surface area contributed by atoms with E-state index in [1.807, 2.05) is 18.2 Å². The van der Waals surface area contributed by atoms with E-state index in [1.54, 1.807) is 13.2 Å². The van der Waals surface area contributed by atoms with Gasteiger partial charge in [-0.25, -0.2) is 9.18 Å². The number of benzene rings is 2. The van der Waals surface area contributed by atoms with Crippen molar-refractivity contribution in [3.63, 3.8) is 0 Å². The molecule has 1 N–H and O–H groups in total. The summed E-state index contributed by atoms with van der Waals surface area (Å²) in [7, 11) is 1.61. The van der Waals surface area contributed by atoms with Crippen LogP contribution in [0, 0.1) is 5.82 Å². The van der Waals surface area contributed by atoms with Gasteiger partial charge in [0.25, 0.3) is 0 Å². The molecule has 2 rings (SSSR count). The monoisotopic (exact) mass is 290 g/mol. The molecule has 0 spiro atoms. The first-order valence-electron chi connectivity index (χ1n) is 6.32. The zero-order chi connectivity index (χ0) is 15.2. The van der Waals surface area contributed by atoms with Gasteiger partial charge in [-0.2, -0.15) is 0 Å². The first kappa shape index (κ1) is 15.0. The first-order chi connectivity index (χ1) is 10.1. The van der Waals surface area contributed by atoms with E-state index >= 15 is 0 Å². The van der Waals surface area contributed by atoms with Crippen molar-refractivity contribution < 1.29 is 23.8 Å². The molecule has 0 bridgehead atoms. The van der Waals surface area contributed by atoms with Crippen LogP contribution in [0.25, 0.3) is 0 Å². The molecule has 0 fully saturated rings. The number of halogens is 1. The Kier molecular flexibility index (Phi) is 4.90. The molecule has 0 atom stereocenters. The van der Waals surface area contributed by atoms with Gasteiger partial charge in [0.05, 0.1) is 12.2 Å². The lowest BCUT2D eigenvalue weighted by atomic mass is 10.1. The number of aromatic carboxylic acids is 1. The number of hydrogen-bond donors (Lipinski definition) is 1. The van der Waals surface area contributed by atoms with Crippen molar-refractivity contribution in [2.45, 2.75) is 13.2 Å². The maximum Gasteiger partial charge on any atom is 0.338 e. The zero-order valence-electron chi connectivity index (χ0n) is 11.5. The molecule has 0 unspecified atom stereocenters. The third-order valence-corrected chi connectivity index (χ3v) is 2.88. The molecule has 0 heterocycles. The minimum atomic E-state index is -1.29. The number of carboxylic acid groups (broad SMARTS) is 1. The Hall–Kier alpha value is -2.40. The van der Waals surface area contributed by atoms with Gasteiger partial charge < -0.3 is 14.6 Å². The van der Waals surface area contributed by atoms with E-state index in [-0.39, 0.29) is 12.2 Å². The minimum absolute atomic E-state index is 0.164. The van der Waals surface area contributed by atoms with Gasteiger partial charge in [-0.15, -0.1) is 0 Å². The lowest BCUT2D eigenvalue weighted by Gasteiger charge is -2.09. The molecule has 4 nitrogen and oxygen atoms in total. The summed E-state index contributed by atoms with van der Waals surface area (Å²) in [5.74, 6) is -1.41. The van der Waals surface area contributed by atoms with Crippen molar-refractivity contribution in [1.29, 1.82) is 0 Å². The van der Waals surface area contributed by atoms with E-state index in [0.717, 1.165) is 11.6 Å². The quantitative estimate of drug-likeness (QED) is 0.887. The second-order valence-corrected chi connectivity index (χ2v) is 4.49. The highest BCUT2D eigenvalue weighted by atomic mass is 19.1. The number of rotatable bonds is 6. The fraction of sp³-hybridized carbons (Fsp3) is 0.188. The summed E-state index contributed by atoms with van der Waals surface area (Å²) in [4.78, 5) is 10.9. The third kappa shape index (κ3) is 4.03. The summed E-state index contributed by atoms with van der Waals surface area (Å²) < 4.78 is 23.9. The predicted molar refractivity (Wildman–Crippen MR) is 74.8 cm³/mol. The highest BCUT2D eigenvalue weighted by Gasteiger charge is 2.11. The predicted octanol–water partition coefficient (Wildman–Crippen LogP) is 3.25. The number of methoxy groups -OCH3 is 1. The Morgan fingerprint density at radius 2 is 1.90 bits per heavy atom. The molecule has 0 saturated carbocycles. The van der Waals surface area contributed by atoms with Gasteiger partial charge in [-0.3, -0.25) is 0 Å². The van der Waals surface area contributed by atoms with Crippen LogP contribution in [0.3, 0.4) is 0 Å². The van der Waals surface area contributed by atoms with Crippen molar-refractivity contribution in [3.05, 3.63) is 65.0 Å². The zero-order valence-corrected chi connectivity index (χ0v) is 11.5. The molecule has 0 aliphatic carbocycles. The molecule has 5 heteroatoms. The summed E-state index contributed by atoms with van der Waals surface area (Å²) in [6, 6.07) is 11.3. The van der Waals surface area contributed by atoms with Crippen molar-refractivity contribution in [2.24, 2.45) is 0 Å². The van der Waals surface area contributed by atoms with E-state index in [9.17, 15) is 9.18 Å². The molecule has 2 aromatic rings. The van der Waals surface area contributed by atoms with E-state index in [2.05, 4.69) is 0 Å². The van der Waals surface area contributed by atoms with Crippen molar-refractivity contribution in [3.8, 4) is 5.75 Å². The SMILES string of the molecule is COCc1cccc(OCc2ccc(F)c(C(=O)O)c2)c1.